The Hall–Kier alpha value is -5.07. The maximum Gasteiger partial charge on any atom is 0.248 e. The summed E-state index contributed by atoms with van der Waals surface area (Å²) in [5, 5.41) is 19.3. The molecule has 4 aromatic rings. The lowest BCUT2D eigenvalue weighted by Crippen LogP contribution is -2.13. The molecule has 4 rings (SSSR count). The number of fused-ring (bicyclic) bond motifs is 1. The van der Waals surface area contributed by atoms with Gasteiger partial charge in [-0.25, -0.2) is 0 Å². The fourth-order valence-electron chi connectivity index (χ4n) is 3.69. The van der Waals surface area contributed by atoms with Crippen LogP contribution in [0.25, 0.3) is 10.9 Å². The average molecular weight is 507 g/mol. The van der Waals surface area contributed by atoms with E-state index >= 15 is 0 Å². The average Bonchev–Trinajstić information content (AvgIpc) is 2.93. The smallest absolute Gasteiger partial charge is 0.248 e. The summed E-state index contributed by atoms with van der Waals surface area (Å²) in [6.45, 7) is 1.04. The molecule has 190 valence electrons. The van der Waals surface area contributed by atoms with Crippen LogP contribution in [0.4, 0.5) is 22.7 Å². The van der Waals surface area contributed by atoms with Gasteiger partial charge in [0, 0.05) is 29.9 Å². The summed E-state index contributed by atoms with van der Waals surface area (Å²) in [4.78, 5) is 30.1. The van der Waals surface area contributed by atoms with Gasteiger partial charge in [-0.3, -0.25) is 9.78 Å². The predicted octanol–water partition coefficient (Wildman–Crippen LogP) is 5.88. The second-order valence-electron chi connectivity index (χ2n) is 8.71. The van der Waals surface area contributed by atoms with Gasteiger partial charge in [0.15, 0.2) is 0 Å². The van der Waals surface area contributed by atoms with Crippen molar-refractivity contribution in [1.82, 2.24) is 9.88 Å². The van der Waals surface area contributed by atoms with Crippen molar-refractivity contribution < 1.29 is 9.53 Å². The Kier molecular flexibility index (Phi) is 8.39. The van der Waals surface area contributed by atoms with Crippen LogP contribution in [0, 0.1) is 16.2 Å². The van der Waals surface area contributed by atoms with Crippen molar-refractivity contribution in [2.24, 2.45) is 5.18 Å². The zero-order valence-electron chi connectivity index (χ0n) is 21.0. The van der Waals surface area contributed by atoms with E-state index in [-0.39, 0.29) is 11.4 Å². The zero-order valence-corrected chi connectivity index (χ0v) is 21.0. The maximum absolute atomic E-state index is 12.4. The monoisotopic (exact) mass is 506 g/mol. The van der Waals surface area contributed by atoms with Crippen molar-refractivity contribution in [1.29, 1.82) is 5.26 Å². The van der Waals surface area contributed by atoms with Crippen LogP contribution in [-0.2, 0) is 11.4 Å². The Bertz CT molecular complexity index is 1510. The Morgan fingerprint density at radius 2 is 1.89 bits per heavy atom. The molecule has 0 radical (unpaired) electrons. The minimum absolute atomic E-state index is 0.0370. The van der Waals surface area contributed by atoms with E-state index in [0.717, 1.165) is 11.3 Å². The molecule has 9 heteroatoms. The highest BCUT2D eigenvalue weighted by Gasteiger charge is 2.15. The number of carbonyl (C=O) groups excluding carboxylic acids is 1. The molecule has 0 fully saturated rings. The van der Waals surface area contributed by atoms with E-state index in [2.05, 4.69) is 26.9 Å². The Morgan fingerprint density at radius 3 is 2.58 bits per heavy atom. The second-order valence-corrected chi connectivity index (χ2v) is 8.71. The van der Waals surface area contributed by atoms with E-state index in [0.29, 0.717) is 41.1 Å². The highest BCUT2D eigenvalue weighted by molar-refractivity contribution is 6.06. The van der Waals surface area contributed by atoms with E-state index in [1.54, 1.807) is 12.1 Å². The molecule has 0 saturated heterocycles. The standard InChI is InChI=1S/C29H26N6O3/c1-35(2)14-6-9-28(36)33-26-15-24-25(16-27(26)34-37)31-18-21(17-30)29(24)32-22-10-12-23(13-11-22)38-19-20-7-4-3-5-8-20/h3-13,15-16,18H,14,19H2,1-2H3,(H,31,32)(H,33,36)/b9-6+. The number of amides is 1. The lowest BCUT2D eigenvalue weighted by Gasteiger charge is -2.14. The van der Waals surface area contributed by atoms with Gasteiger partial charge in [-0.05, 0) is 61.2 Å². The lowest BCUT2D eigenvalue weighted by atomic mass is 10.1. The van der Waals surface area contributed by atoms with E-state index in [1.807, 2.05) is 73.6 Å². The first-order valence-corrected chi connectivity index (χ1v) is 11.8. The van der Waals surface area contributed by atoms with Gasteiger partial charge < -0.3 is 20.3 Å². The molecule has 1 amide bonds. The molecule has 0 aliphatic rings. The molecular formula is C29H26N6O3. The number of rotatable bonds is 10. The molecular weight excluding hydrogens is 480 g/mol. The Balaban J connectivity index is 1.60. The van der Waals surface area contributed by atoms with E-state index < -0.39 is 5.91 Å². The van der Waals surface area contributed by atoms with Crippen molar-refractivity contribution in [3.05, 3.63) is 101 Å². The number of nitrogens with zero attached hydrogens (tertiary/aromatic N) is 4. The number of pyridine rings is 1. The number of nitroso groups, excluding NO2 is 1. The number of anilines is 3. The van der Waals surface area contributed by atoms with Gasteiger partial charge in [0.1, 0.15) is 24.1 Å². The molecule has 0 aliphatic heterocycles. The molecule has 9 nitrogen and oxygen atoms in total. The third kappa shape index (κ3) is 6.57. The largest absolute Gasteiger partial charge is 0.489 e. The molecule has 0 saturated carbocycles. The number of nitrogens with one attached hydrogen (secondary N) is 2. The van der Waals surface area contributed by atoms with Crippen molar-refractivity contribution >= 4 is 39.6 Å². The van der Waals surface area contributed by atoms with Crippen molar-refractivity contribution in [2.45, 2.75) is 6.61 Å². The van der Waals surface area contributed by atoms with Gasteiger partial charge in [-0.15, -0.1) is 4.91 Å². The van der Waals surface area contributed by atoms with Crippen LogP contribution in [0.2, 0.25) is 0 Å². The van der Waals surface area contributed by atoms with Gasteiger partial charge in [0.05, 0.1) is 22.5 Å². The highest BCUT2D eigenvalue weighted by atomic mass is 16.5. The first-order valence-electron chi connectivity index (χ1n) is 11.8. The van der Waals surface area contributed by atoms with Crippen molar-refractivity contribution in [2.75, 3.05) is 31.3 Å². The molecule has 38 heavy (non-hydrogen) atoms. The summed E-state index contributed by atoms with van der Waals surface area (Å²) < 4.78 is 5.85. The van der Waals surface area contributed by atoms with Gasteiger partial charge in [-0.1, -0.05) is 36.4 Å². The molecule has 0 bridgehead atoms. The zero-order chi connectivity index (χ0) is 26.9. The van der Waals surface area contributed by atoms with Crippen LogP contribution in [0.1, 0.15) is 11.1 Å². The quantitative estimate of drug-likeness (QED) is 0.203. The van der Waals surface area contributed by atoms with E-state index in [1.165, 1.54) is 18.3 Å². The minimum Gasteiger partial charge on any atom is -0.489 e. The van der Waals surface area contributed by atoms with Crippen molar-refractivity contribution in [3.63, 3.8) is 0 Å². The molecule has 1 heterocycles. The number of ether oxygens (including phenoxy) is 1. The number of hydrogen-bond donors (Lipinski definition) is 2. The minimum atomic E-state index is -0.402. The number of likely N-dealkylation sites (N-methyl/N-ethyl adjacent to an activating group) is 1. The number of benzene rings is 3. The van der Waals surface area contributed by atoms with Gasteiger partial charge in [-0.2, -0.15) is 5.26 Å². The third-order valence-electron chi connectivity index (χ3n) is 5.57. The molecule has 0 atom stereocenters. The normalized spacial score (nSPS) is 10.9. The Morgan fingerprint density at radius 1 is 1.13 bits per heavy atom. The molecule has 2 N–H and O–H groups in total. The topological polar surface area (TPSA) is 120 Å². The lowest BCUT2D eigenvalue weighted by molar-refractivity contribution is -0.111. The van der Waals surface area contributed by atoms with Crippen LogP contribution in [0.15, 0.2) is 90.3 Å². The summed E-state index contributed by atoms with van der Waals surface area (Å²) in [6, 6.07) is 22.4. The van der Waals surface area contributed by atoms with Crippen LogP contribution in [0.5, 0.6) is 5.75 Å². The van der Waals surface area contributed by atoms with Crippen LogP contribution in [-0.4, -0.2) is 36.4 Å². The van der Waals surface area contributed by atoms with Crippen LogP contribution < -0.4 is 15.4 Å². The van der Waals surface area contributed by atoms with Crippen LogP contribution in [0.3, 0.4) is 0 Å². The number of nitriles is 1. The third-order valence-corrected chi connectivity index (χ3v) is 5.57. The fraction of sp³-hybridized carbons (Fsp3) is 0.138. The van der Waals surface area contributed by atoms with E-state index in [9.17, 15) is 15.0 Å². The summed E-state index contributed by atoms with van der Waals surface area (Å²) in [5.74, 6) is 0.301. The molecule has 1 aromatic heterocycles. The first-order chi connectivity index (χ1) is 18.5. The predicted molar refractivity (Wildman–Crippen MR) is 149 cm³/mol. The van der Waals surface area contributed by atoms with Gasteiger partial charge in [0.2, 0.25) is 5.91 Å². The first kappa shape index (κ1) is 26.0. The Labute approximate surface area is 220 Å². The summed E-state index contributed by atoms with van der Waals surface area (Å²) in [7, 11) is 3.78. The van der Waals surface area contributed by atoms with E-state index in [4.69, 9.17) is 4.74 Å². The SMILES string of the molecule is CN(C)C/C=C/C(=O)Nc1cc2c(Nc3ccc(OCc4ccccc4)cc3)c(C#N)cnc2cc1N=O. The molecule has 0 unspecified atom stereocenters. The maximum atomic E-state index is 12.4. The number of carbonyl (C=O) groups is 1. The molecule has 0 aliphatic carbocycles. The summed E-state index contributed by atoms with van der Waals surface area (Å²) in [5.41, 5.74) is 3.28. The summed E-state index contributed by atoms with van der Waals surface area (Å²) >= 11 is 0. The number of hydrogen-bond acceptors (Lipinski definition) is 8. The van der Waals surface area contributed by atoms with Crippen LogP contribution >= 0.6 is 0 Å². The number of aromatic nitrogens is 1. The summed E-state index contributed by atoms with van der Waals surface area (Å²) in [6.07, 6.45) is 4.53. The van der Waals surface area contributed by atoms with Gasteiger partial charge in [0.25, 0.3) is 0 Å². The highest BCUT2D eigenvalue weighted by Crippen LogP contribution is 2.36. The van der Waals surface area contributed by atoms with Crippen molar-refractivity contribution in [3.8, 4) is 11.8 Å². The van der Waals surface area contributed by atoms with Gasteiger partial charge >= 0.3 is 0 Å². The fourth-order valence-corrected chi connectivity index (χ4v) is 3.69. The molecule has 3 aromatic carbocycles. The molecule has 0 spiro atoms. The second kappa shape index (κ2) is 12.3.